The van der Waals surface area contributed by atoms with Gasteiger partial charge in [-0.05, 0) is 43.5 Å². The molecule has 3 aromatic heterocycles. The van der Waals surface area contributed by atoms with Crippen LogP contribution < -0.4 is 10.9 Å². The summed E-state index contributed by atoms with van der Waals surface area (Å²) in [5, 5.41) is 16.7. The second-order valence-electron chi connectivity index (χ2n) is 8.68. The number of rotatable bonds is 3. The van der Waals surface area contributed by atoms with E-state index in [1.165, 1.54) is 12.6 Å². The fraction of sp³-hybridized carbons (Fsp3) is 0.240. The van der Waals surface area contributed by atoms with Gasteiger partial charge < -0.3 is 14.9 Å². The van der Waals surface area contributed by atoms with E-state index in [0.29, 0.717) is 27.8 Å². The summed E-state index contributed by atoms with van der Waals surface area (Å²) in [4.78, 5) is 28.6. The van der Waals surface area contributed by atoms with Gasteiger partial charge in [-0.1, -0.05) is 30.7 Å². The SMILES string of the molecule is Cc1ccc(-c2nnc3n2CCCCC3)cc1NC(=O)c1cnn2c1[nH]c(=O)c1ccccc12. The highest BCUT2D eigenvalue weighted by Gasteiger charge is 2.19. The van der Waals surface area contributed by atoms with Crippen molar-refractivity contribution in [2.24, 2.45) is 0 Å². The Labute approximate surface area is 194 Å². The van der Waals surface area contributed by atoms with Crippen LogP contribution in [0.5, 0.6) is 0 Å². The monoisotopic (exact) mass is 453 g/mol. The Kier molecular flexibility index (Phi) is 4.75. The van der Waals surface area contributed by atoms with Crippen LogP contribution in [0.3, 0.4) is 0 Å². The van der Waals surface area contributed by atoms with Crippen LogP contribution in [0.1, 0.15) is 41.0 Å². The number of carbonyl (C=O) groups excluding carboxylic acids is 1. The average Bonchev–Trinajstić information content (AvgIpc) is 3.38. The average molecular weight is 454 g/mol. The minimum Gasteiger partial charge on any atom is -0.322 e. The Morgan fingerprint density at radius 1 is 1.09 bits per heavy atom. The van der Waals surface area contributed by atoms with Crippen molar-refractivity contribution in [2.75, 3.05) is 5.32 Å². The number of hydrogen-bond donors (Lipinski definition) is 2. The number of nitrogens with one attached hydrogen (secondary N) is 2. The van der Waals surface area contributed by atoms with Gasteiger partial charge in [-0.25, -0.2) is 4.52 Å². The lowest BCUT2D eigenvalue weighted by Gasteiger charge is -2.12. The van der Waals surface area contributed by atoms with E-state index in [9.17, 15) is 9.59 Å². The van der Waals surface area contributed by atoms with Gasteiger partial charge in [0.25, 0.3) is 11.5 Å². The molecule has 170 valence electrons. The molecular formula is C25H23N7O2. The quantitative estimate of drug-likeness (QED) is 0.433. The molecule has 1 aliphatic heterocycles. The number of amides is 1. The molecule has 0 saturated carbocycles. The van der Waals surface area contributed by atoms with Crippen LogP contribution in [0.25, 0.3) is 27.9 Å². The first-order chi connectivity index (χ1) is 16.6. The number of H-pyrrole nitrogens is 1. The standard InChI is InChI=1S/C25H23N7O2/c1-15-10-11-16(22-30-29-21-9-3-2-6-12-31(21)22)13-19(15)27-25(34)18-14-26-32-20-8-5-4-7-17(20)24(33)28-23(18)32/h4-5,7-8,10-11,13-14H,2-3,6,9,12H2,1H3,(H,27,34)(H,28,33). The number of aromatic nitrogens is 6. The summed E-state index contributed by atoms with van der Waals surface area (Å²) in [6, 6.07) is 13.1. The summed E-state index contributed by atoms with van der Waals surface area (Å²) in [5.41, 5.74) is 3.54. The fourth-order valence-electron chi connectivity index (χ4n) is 4.63. The molecule has 0 unspecified atom stereocenters. The zero-order valence-electron chi connectivity index (χ0n) is 18.7. The first-order valence-corrected chi connectivity index (χ1v) is 11.4. The Balaban J connectivity index is 1.37. The van der Waals surface area contributed by atoms with Gasteiger partial charge in [-0.15, -0.1) is 10.2 Å². The second kappa shape index (κ2) is 7.95. The van der Waals surface area contributed by atoms with E-state index in [-0.39, 0.29) is 11.5 Å². The van der Waals surface area contributed by atoms with Crippen LogP contribution >= 0.6 is 0 Å². The third-order valence-corrected chi connectivity index (χ3v) is 6.48. The molecule has 9 heteroatoms. The number of aryl methyl sites for hydroxylation is 2. The van der Waals surface area contributed by atoms with Crippen LogP contribution in [0.15, 0.2) is 53.5 Å². The maximum Gasteiger partial charge on any atom is 0.261 e. The van der Waals surface area contributed by atoms with Crippen molar-refractivity contribution in [3.05, 3.63) is 76.0 Å². The molecule has 34 heavy (non-hydrogen) atoms. The van der Waals surface area contributed by atoms with E-state index in [2.05, 4.69) is 30.2 Å². The van der Waals surface area contributed by atoms with Crippen molar-refractivity contribution < 1.29 is 4.79 Å². The predicted octanol–water partition coefficient (Wildman–Crippen LogP) is 3.72. The first-order valence-electron chi connectivity index (χ1n) is 11.4. The summed E-state index contributed by atoms with van der Waals surface area (Å²) in [5.74, 6) is 1.49. The van der Waals surface area contributed by atoms with Gasteiger partial charge in [0.1, 0.15) is 17.0 Å². The molecule has 0 spiro atoms. The molecule has 1 aliphatic rings. The highest BCUT2D eigenvalue weighted by atomic mass is 16.2. The number of para-hydroxylation sites is 1. The van der Waals surface area contributed by atoms with Gasteiger partial charge >= 0.3 is 0 Å². The molecule has 1 amide bonds. The molecule has 0 bridgehead atoms. The molecule has 4 heterocycles. The van der Waals surface area contributed by atoms with Crippen molar-refractivity contribution in [1.82, 2.24) is 29.4 Å². The summed E-state index contributed by atoms with van der Waals surface area (Å²) in [6.07, 6.45) is 5.84. The van der Waals surface area contributed by atoms with Gasteiger partial charge in [-0.3, -0.25) is 9.59 Å². The minimum absolute atomic E-state index is 0.261. The maximum atomic E-state index is 13.2. The normalized spacial score (nSPS) is 13.7. The van der Waals surface area contributed by atoms with Crippen LogP contribution in [-0.2, 0) is 13.0 Å². The van der Waals surface area contributed by atoms with E-state index in [1.54, 1.807) is 22.7 Å². The topological polar surface area (TPSA) is 110 Å². The van der Waals surface area contributed by atoms with Gasteiger partial charge in [0.15, 0.2) is 5.82 Å². The molecule has 6 rings (SSSR count). The van der Waals surface area contributed by atoms with Crippen molar-refractivity contribution in [3.63, 3.8) is 0 Å². The zero-order chi connectivity index (χ0) is 23.2. The second-order valence-corrected chi connectivity index (χ2v) is 8.68. The number of aromatic amines is 1. The molecule has 0 aliphatic carbocycles. The van der Waals surface area contributed by atoms with E-state index < -0.39 is 0 Å². The van der Waals surface area contributed by atoms with Gasteiger partial charge in [-0.2, -0.15) is 5.10 Å². The van der Waals surface area contributed by atoms with Gasteiger partial charge in [0, 0.05) is 24.2 Å². The van der Waals surface area contributed by atoms with Crippen LogP contribution in [0.4, 0.5) is 5.69 Å². The minimum atomic E-state index is -0.346. The van der Waals surface area contributed by atoms with Crippen molar-refractivity contribution in [3.8, 4) is 11.4 Å². The maximum absolute atomic E-state index is 13.2. The number of nitrogens with zero attached hydrogens (tertiary/aromatic N) is 5. The lowest BCUT2D eigenvalue weighted by atomic mass is 10.1. The lowest BCUT2D eigenvalue weighted by Crippen LogP contribution is -2.16. The molecule has 9 nitrogen and oxygen atoms in total. The Bertz CT molecular complexity index is 1630. The van der Waals surface area contributed by atoms with E-state index in [1.807, 2.05) is 31.2 Å². The van der Waals surface area contributed by atoms with Crippen molar-refractivity contribution in [2.45, 2.75) is 39.2 Å². The first kappa shape index (κ1) is 20.3. The van der Waals surface area contributed by atoms with E-state index in [0.717, 1.165) is 48.6 Å². The predicted molar refractivity (Wildman–Crippen MR) is 129 cm³/mol. The summed E-state index contributed by atoms with van der Waals surface area (Å²) in [7, 11) is 0. The Hall–Kier alpha value is -4.27. The van der Waals surface area contributed by atoms with Gasteiger partial charge in [0.2, 0.25) is 0 Å². The summed E-state index contributed by atoms with van der Waals surface area (Å²) >= 11 is 0. The molecule has 5 aromatic rings. The van der Waals surface area contributed by atoms with E-state index >= 15 is 0 Å². The van der Waals surface area contributed by atoms with Crippen LogP contribution in [-0.4, -0.2) is 35.3 Å². The highest BCUT2D eigenvalue weighted by Crippen LogP contribution is 2.27. The van der Waals surface area contributed by atoms with Crippen LogP contribution in [0, 0.1) is 6.92 Å². The van der Waals surface area contributed by atoms with Crippen molar-refractivity contribution >= 4 is 28.1 Å². The number of benzene rings is 2. The summed E-state index contributed by atoms with van der Waals surface area (Å²) in [6.45, 7) is 2.84. The smallest absolute Gasteiger partial charge is 0.261 e. The Morgan fingerprint density at radius 2 is 1.97 bits per heavy atom. The number of hydrogen-bond acceptors (Lipinski definition) is 5. The van der Waals surface area contributed by atoms with Crippen molar-refractivity contribution in [1.29, 1.82) is 0 Å². The zero-order valence-corrected chi connectivity index (χ0v) is 18.7. The Morgan fingerprint density at radius 3 is 2.88 bits per heavy atom. The number of anilines is 1. The fourth-order valence-corrected chi connectivity index (χ4v) is 4.63. The molecular weight excluding hydrogens is 430 g/mol. The molecule has 0 fully saturated rings. The van der Waals surface area contributed by atoms with Gasteiger partial charge in [0.05, 0.1) is 17.1 Å². The summed E-state index contributed by atoms with van der Waals surface area (Å²) < 4.78 is 3.77. The molecule has 0 radical (unpaired) electrons. The largest absolute Gasteiger partial charge is 0.322 e. The molecule has 2 N–H and O–H groups in total. The lowest BCUT2D eigenvalue weighted by molar-refractivity contribution is 0.102. The third-order valence-electron chi connectivity index (χ3n) is 6.48. The van der Waals surface area contributed by atoms with E-state index in [4.69, 9.17) is 0 Å². The van der Waals surface area contributed by atoms with Crippen LogP contribution in [0.2, 0.25) is 0 Å². The third kappa shape index (κ3) is 3.28. The highest BCUT2D eigenvalue weighted by molar-refractivity contribution is 6.09. The number of fused-ring (bicyclic) bond motifs is 4. The molecule has 0 atom stereocenters. The molecule has 0 saturated heterocycles. The number of carbonyl (C=O) groups is 1. The molecule has 2 aromatic carbocycles.